The molecule has 1 aliphatic rings. The van der Waals surface area contributed by atoms with Crippen molar-refractivity contribution >= 4 is 29.1 Å². The van der Waals surface area contributed by atoms with E-state index in [1.807, 2.05) is 13.0 Å². The number of hydrogen-bond acceptors (Lipinski definition) is 3. The van der Waals surface area contributed by atoms with Crippen LogP contribution in [0.25, 0.3) is 0 Å². The van der Waals surface area contributed by atoms with Crippen molar-refractivity contribution < 1.29 is 9.32 Å². The summed E-state index contributed by atoms with van der Waals surface area (Å²) >= 11 is 12.1. The van der Waals surface area contributed by atoms with Gasteiger partial charge in [-0.1, -0.05) is 28.4 Å². The van der Waals surface area contributed by atoms with E-state index in [9.17, 15) is 4.79 Å². The fraction of sp³-hybridized carbons (Fsp3) is 0.333. The number of hydrogen-bond donors (Lipinski definition) is 0. The van der Waals surface area contributed by atoms with E-state index >= 15 is 0 Å². The van der Waals surface area contributed by atoms with Gasteiger partial charge in [-0.2, -0.15) is 0 Å². The van der Waals surface area contributed by atoms with Crippen LogP contribution in [0.3, 0.4) is 0 Å². The number of benzene rings is 1. The Morgan fingerprint density at radius 1 is 1.38 bits per heavy atom. The van der Waals surface area contributed by atoms with Crippen molar-refractivity contribution in [2.75, 3.05) is 6.54 Å². The van der Waals surface area contributed by atoms with Gasteiger partial charge in [0, 0.05) is 17.6 Å². The summed E-state index contributed by atoms with van der Waals surface area (Å²) in [5.74, 6) is 0.593. The molecule has 3 rings (SSSR count). The summed E-state index contributed by atoms with van der Waals surface area (Å²) in [6, 6.07) is 6.69. The summed E-state index contributed by atoms with van der Waals surface area (Å²) in [6.45, 7) is 2.54. The summed E-state index contributed by atoms with van der Waals surface area (Å²) in [5.41, 5.74) is 1.23. The second kappa shape index (κ2) is 5.70. The zero-order valence-corrected chi connectivity index (χ0v) is 13.0. The van der Waals surface area contributed by atoms with Crippen LogP contribution in [-0.2, 0) is 0 Å². The first kappa shape index (κ1) is 14.4. The molecule has 1 aromatic heterocycles. The summed E-state index contributed by atoms with van der Waals surface area (Å²) in [6.07, 6.45) is 1.78. The Morgan fingerprint density at radius 2 is 2.19 bits per heavy atom. The maximum atomic E-state index is 12.7. The highest BCUT2D eigenvalue weighted by molar-refractivity contribution is 6.35. The fourth-order valence-corrected chi connectivity index (χ4v) is 3.03. The Bertz CT molecular complexity index is 684. The maximum absolute atomic E-state index is 12.7. The highest BCUT2D eigenvalue weighted by atomic mass is 35.5. The third-order valence-electron chi connectivity index (χ3n) is 3.65. The van der Waals surface area contributed by atoms with Crippen LogP contribution in [0.5, 0.6) is 0 Å². The van der Waals surface area contributed by atoms with E-state index < -0.39 is 0 Å². The molecule has 0 aliphatic carbocycles. The Morgan fingerprint density at radius 3 is 2.90 bits per heavy atom. The number of carbonyl (C=O) groups excluding carboxylic acids is 1. The van der Waals surface area contributed by atoms with Crippen molar-refractivity contribution in [3.63, 3.8) is 0 Å². The smallest absolute Gasteiger partial charge is 0.256 e. The lowest BCUT2D eigenvalue weighted by Gasteiger charge is -2.23. The lowest BCUT2D eigenvalue weighted by atomic mass is 10.1. The van der Waals surface area contributed by atoms with Gasteiger partial charge in [-0.3, -0.25) is 4.79 Å². The molecule has 6 heteroatoms. The molecule has 4 nitrogen and oxygen atoms in total. The van der Waals surface area contributed by atoms with E-state index in [-0.39, 0.29) is 11.9 Å². The molecule has 0 spiro atoms. The zero-order valence-electron chi connectivity index (χ0n) is 11.5. The molecule has 1 saturated heterocycles. The topological polar surface area (TPSA) is 46.3 Å². The minimum atomic E-state index is -0.126. The number of likely N-dealkylation sites (tertiary alicyclic amines) is 1. The van der Waals surface area contributed by atoms with Crippen LogP contribution in [0.1, 0.15) is 40.7 Å². The monoisotopic (exact) mass is 324 g/mol. The van der Waals surface area contributed by atoms with Gasteiger partial charge in [0.25, 0.3) is 5.91 Å². The molecule has 110 valence electrons. The van der Waals surface area contributed by atoms with Gasteiger partial charge in [0.2, 0.25) is 0 Å². The van der Waals surface area contributed by atoms with Crippen molar-refractivity contribution in [3.8, 4) is 0 Å². The Hall–Kier alpha value is -1.52. The molecule has 0 radical (unpaired) electrons. The number of nitrogens with zero attached hydrogens (tertiary/aromatic N) is 2. The zero-order chi connectivity index (χ0) is 15.0. The standard InChI is InChI=1S/C15H14Cl2N2O2/c1-9-7-14(21-18-9)13-3-2-6-19(13)15(20)11-8-10(16)4-5-12(11)17/h4-5,7-8,13H,2-3,6H2,1H3/t13-/m1/s1. The fourth-order valence-electron chi connectivity index (χ4n) is 2.66. The molecule has 0 bridgehead atoms. The minimum absolute atomic E-state index is 0.0891. The molecular weight excluding hydrogens is 311 g/mol. The van der Waals surface area contributed by atoms with Gasteiger partial charge in [-0.15, -0.1) is 0 Å². The molecular formula is C15H14Cl2N2O2. The van der Waals surface area contributed by atoms with Gasteiger partial charge in [0.15, 0.2) is 5.76 Å². The van der Waals surface area contributed by atoms with Gasteiger partial charge < -0.3 is 9.42 Å². The molecule has 1 aromatic carbocycles. The first-order valence-corrected chi connectivity index (χ1v) is 7.51. The number of rotatable bonds is 2. The molecule has 1 atom stereocenters. The molecule has 2 aromatic rings. The van der Waals surface area contributed by atoms with Crippen molar-refractivity contribution in [3.05, 3.63) is 51.3 Å². The maximum Gasteiger partial charge on any atom is 0.256 e. The van der Waals surface area contributed by atoms with Gasteiger partial charge >= 0.3 is 0 Å². The van der Waals surface area contributed by atoms with Gasteiger partial charge in [-0.25, -0.2) is 0 Å². The van der Waals surface area contributed by atoms with Crippen LogP contribution in [0, 0.1) is 6.92 Å². The van der Waals surface area contributed by atoms with Crippen LogP contribution >= 0.6 is 23.2 Å². The summed E-state index contributed by atoms with van der Waals surface area (Å²) in [7, 11) is 0. The quantitative estimate of drug-likeness (QED) is 0.828. The second-order valence-electron chi connectivity index (χ2n) is 5.15. The predicted octanol–water partition coefficient (Wildman–Crippen LogP) is 4.27. The minimum Gasteiger partial charge on any atom is -0.359 e. The Labute approximate surface area is 132 Å². The number of aryl methyl sites for hydroxylation is 1. The summed E-state index contributed by atoms with van der Waals surface area (Å²) < 4.78 is 5.32. The van der Waals surface area contributed by atoms with E-state index in [1.165, 1.54) is 0 Å². The van der Waals surface area contributed by atoms with Gasteiger partial charge in [0.05, 0.1) is 22.3 Å². The number of aromatic nitrogens is 1. The molecule has 1 amide bonds. The van der Waals surface area contributed by atoms with Crippen molar-refractivity contribution in [1.29, 1.82) is 0 Å². The van der Waals surface area contributed by atoms with Crippen LogP contribution in [0.2, 0.25) is 10.0 Å². The lowest BCUT2D eigenvalue weighted by Crippen LogP contribution is -2.30. The highest BCUT2D eigenvalue weighted by Crippen LogP contribution is 2.34. The number of amides is 1. The summed E-state index contributed by atoms with van der Waals surface area (Å²) in [5, 5.41) is 4.80. The lowest BCUT2D eigenvalue weighted by molar-refractivity contribution is 0.0715. The van der Waals surface area contributed by atoms with Gasteiger partial charge in [-0.05, 0) is 38.0 Å². The molecule has 1 aliphatic heterocycles. The Kier molecular flexibility index (Phi) is 3.91. The average Bonchev–Trinajstić information content (AvgIpc) is 3.09. The normalized spacial score (nSPS) is 18.2. The molecule has 1 fully saturated rings. The van der Waals surface area contributed by atoms with Crippen molar-refractivity contribution in [1.82, 2.24) is 10.1 Å². The second-order valence-corrected chi connectivity index (χ2v) is 6.00. The first-order chi connectivity index (χ1) is 10.1. The number of carbonyl (C=O) groups is 1. The SMILES string of the molecule is Cc1cc([C@H]2CCCN2C(=O)c2cc(Cl)ccc2Cl)on1. The molecule has 0 unspecified atom stereocenters. The van der Waals surface area contributed by atoms with Crippen molar-refractivity contribution in [2.45, 2.75) is 25.8 Å². The predicted molar refractivity (Wildman–Crippen MR) is 80.7 cm³/mol. The summed E-state index contributed by atoms with van der Waals surface area (Å²) in [4.78, 5) is 14.5. The average molecular weight is 325 g/mol. The van der Waals surface area contributed by atoms with E-state index in [4.69, 9.17) is 27.7 Å². The molecule has 0 saturated carbocycles. The van der Waals surface area contributed by atoms with E-state index in [0.717, 1.165) is 24.3 Å². The first-order valence-electron chi connectivity index (χ1n) is 6.75. The Balaban J connectivity index is 1.91. The molecule has 21 heavy (non-hydrogen) atoms. The molecule has 2 heterocycles. The van der Waals surface area contributed by atoms with Crippen molar-refractivity contribution in [2.24, 2.45) is 0 Å². The van der Waals surface area contributed by atoms with Crippen LogP contribution in [-0.4, -0.2) is 22.5 Å². The third kappa shape index (κ3) is 2.78. The van der Waals surface area contributed by atoms with E-state index in [1.54, 1.807) is 23.1 Å². The van der Waals surface area contributed by atoms with E-state index in [2.05, 4.69) is 5.16 Å². The third-order valence-corrected chi connectivity index (χ3v) is 4.21. The van der Waals surface area contributed by atoms with Crippen LogP contribution in [0.15, 0.2) is 28.8 Å². The number of halogens is 2. The van der Waals surface area contributed by atoms with E-state index in [0.29, 0.717) is 22.2 Å². The van der Waals surface area contributed by atoms with Gasteiger partial charge in [0.1, 0.15) is 0 Å². The largest absolute Gasteiger partial charge is 0.359 e. The highest BCUT2D eigenvalue weighted by Gasteiger charge is 2.33. The van der Waals surface area contributed by atoms with Crippen LogP contribution < -0.4 is 0 Å². The molecule has 0 N–H and O–H groups in total. The van der Waals surface area contributed by atoms with Crippen LogP contribution in [0.4, 0.5) is 0 Å².